The molecule has 0 amide bonds. The molecule has 94 valence electrons. The molecule has 0 bridgehead atoms. The number of ether oxygens (including phenoxy) is 1. The first-order valence-electron chi connectivity index (χ1n) is 6.03. The summed E-state index contributed by atoms with van der Waals surface area (Å²) in [6.07, 6.45) is 2.46. The van der Waals surface area contributed by atoms with Crippen LogP contribution in [-0.4, -0.2) is 35.9 Å². The van der Waals surface area contributed by atoms with Gasteiger partial charge in [0.25, 0.3) is 0 Å². The summed E-state index contributed by atoms with van der Waals surface area (Å²) in [5, 5.41) is 12.6. The van der Waals surface area contributed by atoms with Crippen molar-refractivity contribution in [3.63, 3.8) is 0 Å². The van der Waals surface area contributed by atoms with E-state index in [1.165, 1.54) is 0 Å². The van der Waals surface area contributed by atoms with Gasteiger partial charge in [-0.05, 0) is 32.1 Å². The first kappa shape index (κ1) is 13.5. The molecule has 0 aromatic carbocycles. The predicted octanol–water partition coefficient (Wildman–Crippen LogP) is 1.64. The van der Waals surface area contributed by atoms with Crippen molar-refractivity contribution in [3.8, 4) is 0 Å². The molecular weight excluding hydrogens is 206 g/mol. The molecule has 4 heteroatoms. The summed E-state index contributed by atoms with van der Waals surface area (Å²) in [4.78, 5) is 11.3. The minimum absolute atomic E-state index is 0.272. The topological polar surface area (TPSA) is 58.6 Å². The van der Waals surface area contributed by atoms with Crippen molar-refractivity contribution in [2.24, 2.45) is 5.92 Å². The zero-order valence-electron chi connectivity index (χ0n) is 10.5. The molecule has 1 heterocycles. The first-order chi connectivity index (χ1) is 7.44. The van der Waals surface area contributed by atoms with E-state index in [1.807, 2.05) is 13.8 Å². The van der Waals surface area contributed by atoms with Gasteiger partial charge in [-0.2, -0.15) is 0 Å². The average molecular weight is 229 g/mol. The summed E-state index contributed by atoms with van der Waals surface area (Å²) in [5.74, 6) is -0.388. The Morgan fingerprint density at radius 1 is 1.50 bits per heavy atom. The van der Waals surface area contributed by atoms with Crippen molar-refractivity contribution < 1.29 is 14.6 Å². The zero-order valence-corrected chi connectivity index (χ0v) is 10.5. The summed E-state index contributed by atoms with van der Waals surface area (Å²) in [7, 11) is 0. The van der Waals surface area contributed by atoms with Crippen LogP contribution in [0.4, 0.5) is 0 Å². The standard InChI is InChI=1S/C12H23NO3/c1-9(2)8-12(3,11(14)15)13-10-4-6-16-7-5-10/h9-10,13H,4-8H2,1-3H3,(H,14,15). The smallest absolute Gasteiger partial charge is 0.323 e. The molecule has 16 heavy (non-hydrogen) atoms. The summed E-state index contributed by atoms with van der Waals surface area (Å²) in [6.45, 7) is 7.34. The van der Waals surface area contributed by atoms with Crippen molar-refractivity contribution in [2.75, 3.05) is 13.2 Å². The van der Waals surface area contributed by atoms with Gasteiger partial charge in [0.2, 0.25) is 0 Å². The van der Waals surface area contributed by atoms with E-state index >= 15 is 0 Å². The molecule has 0 radical (unpaired) electrons. The Hall–Kier alpha value is -0.610. The maximum Gasteiger partial charge on any atom is 0.323 e. The molecule has 1 aliphatic heterocycles. The minimum Gasteiger partial charge on any atom is -0.480 e. The van der Waals surface area contributed by atoms with E-state index in [4.69, 9.17) is 4.74 Å². The van der Waals surface area contributed by atoms with E-state index in [0.29, 0.717) is 12.3 Å². The Morgan fingerprint density at radius 3 is 2.50 bits per heavy atom. The number of carboxylic acid groups (broad SMARTS) is 1. The fourth-order valence-electron chi connectivity index (χ4n) is 2.32. The Balaban J connectivity index is 2.58. The van der Waals surface area contributed by atoms with Gasteiger partial charge in [-0.25, -0.2) is 0 Å². The first-order valence-corrected chi connectivity index (χ1v) is 6.03. The number of nitrogens with one attached hydrogen (secondary N) is 1. The van der Waals surface area contributed by atoms with Crippen LogP contribution in [0.1, 0.15) is 40.0 Å². The normalized spacial score (nSPS) is 22.0. The molecule has 1 rings (SSSR count). The van der Waals surface area contributed by atoms with Gasteiger partial charge in [-0.3, -0.25) is 10.1 Å². The van der Waals surface area contributed by atoms with Gasteiger partial charge in [-0.1, -0.05) is 13.8 Å². The highest BCUT2D eigenvalue weighted by Gasteiger charge is 2.35. The number of aliphatic carboxylic acids is 1. The van der Waals surface area contributed by atoms with E-state index in [9.17, 15) is 9.90 Å². The lowest BCUT2D eigenvalue weighted by Crippen LogP contribution is -2.55. The van der Waals surface area contributed by atoms with Crippen molar-refractivity contribution in [3.05, 3.63) is 0 Å². The van der Waals surface area contributed by atoms with Gasteiger partial charge in [-0.15, -0.1) is 0 Å². The van der Waals surface area contributed by atoms with Crippen LogP contribution in [0.15, 0.2) is 0 Å². The van der Waals surface area contributed by atoms with Gasteiger partial charge in [0.05, 0.1) is 0 Å². The predicted molar refractivity (Wildman–Crippen MR) is 62.5 cm³/mol. The summed E-state index contributed by atoms with van der Waals surface area (Å²) >= 11 is 0. The molecule has 2 N–H and O–H groups in total. The summed E-state index contributed by atoms with van der Waals surface area (Å²) in [6, 6.07) is 0.272. The highest BCUT2D eigenvalue weighted by Crippen LogP contribution is 2.20. The third kappa shape index (κ3) is 3.76. The molecule has 1 saturated heterocycles. The second-order valence-electron chi connectivity index (χ2n) is 5.27. The van der Waals surface area contributed by atoms with E-state index in [1.54, 1.807) is 6.92 Å². The molecule has 1 fully saturated rings. The fourth-order valence-corrected chi connectivity index (χ4v) is 2.32. The zero-order chi connectivity index (χ0) is 12.2. The van der Waals surface area contributed by atoms with Gasteiger partial charge in [0.1, 0.15) is 5.54 Å². The molecule has 0 aromatic heterocycles. The van der Waals surface area contributed by atoms with Crippen LogP contribution in [-0.2, 0) is 9.53 Å². The second kappa shape index (κ2) is 5.64. The Kier molecular flexibility index (Phi) is 4.74. The largest absolute Gasteiger partial charge is 0.480 e. The Morgan fingerprint density at radius 2 is 2.06 bits per heavy atom. The molecule has 1 atom stereocenters. The quantitative estimate of drug-likeness (QED) is 0.752. The third-order valence-electron chi connectivity index (χ3n) is 3.03. The maximum atomic E-state index is 11.3. The maximum absolute atomic E-state index is 11.3. The molecule has 0 spiro atoms. The van der Waals surface area contributed by atoms with Crippen LogP contribution < -0.4 is 5.32 Å². The highest BCUT2D eigenvalue weighted by molar-refractivity contribution is 5.78. The lowest BCUT2D eigenvalue weighted by Gasteiger charge is -2.34. The van der Waals surface area contributed by atoms with E-state index in [-0.39, 0.29) is 6.04 Å². The number of hydrogen-bond acceptors (Lipinski definition) is 3. The molecule has 0 aromatic rings. The molecule has 0 saturated carbocycles. The van der Waals surface area contributed by atoms with E-state index in [2.05, 4.69) is 5.32 Å². The van der Waals surface area contributed by atoms with Gasteiger partial charge in [0.15, 0.2) is 0 Å². The van der Waals surface area contributed by atoms with Crippen LogP contribution in [0.5, 0.6) is 0 Å². The van der Waals surface area contributed by atoms with Crippen LogP contribution in [0, 0.1) is 5.92 Å². The molecular formula is C12H23NO3. The third-order valence-corrected chi connectivity index (χ3v) is 3.03. The van der Waals surface area contributed by atoms with Crippen molar-refractivity contribution in [1.82, 2.24) is 5.32 Å². The number of carboxylic acids is 1. The minimum atomic E-state index is -0.809. The van der Waals surface area contributed by atoms with Gasteiger partial charge >= 0.3 is 5.97 Å². The highest BCUT2D eigenvalue weighted by atomic mass is 16.5. The number of rotatable bonds is 5. The Bertz CT molecular complexity index is 236. The SMILES string of the molecule is CC(C)CC(C)(NC1CCOCC1)C(=O)O. The Labute approximate surface area is 97.4 Å². The van der Waals surface area contributed by atoms with E-state index in [0.717, 1.165) is 26.1 Å². The van der Waals surface area contributed by atoms with Crippen molar-refractivity contribution >= 4 is 5.97 Å². The van der Waals surface area contributed by atoms with Crippen LogP contribution >= 0.6 is 0 Å². The van der Waals surface area contributed by atoms with Gasteiger partial charge < -0.3 is 9.84 Å². The van der Waals surface area contributed by atoms with E-state index < -0.39 is 11.5 Å². The summed E-state index contributed by atoms with van der Waals surface area (Å²) in [5.41, 5.74) is -0.809. The second-order valence-corrected chi connectivity index (χ2v) is 5.27. The molecule has 4 nitrogen and oxygen atoms in total. The number of carbonyl (C=O) groups is 1. The van der Waals surface area contributed by atoms with Crippen LogP contribution in [0.25, 0.3) is 0 Å². The monoisotopic (exact) mass is 229 g/mol. The van der Waals surface area contributed by atoms with Crippen LogP contribution in [0.3, 0.4) is 0 Å². The molecule has 1 aliphatic rings. The van der Waals surface area contributed by atoms with Crippen LogP contribution in [0.2, 0.25) is 0 Å². The van der Waals surface area contributed by atoms with Crippen molar-refractivity contribution in [2.45, 2.75) is 51.6 Å². The average Bonchev–Trinajstić information content (AvgIpc) is 2.17. The fraction of sp³-hybridized carbons (Fsp3) is 0.917. The number of hydrogen-bond donors (Lipinski definition) is 2. The summed E-state index contributed by atoms with van der Waals surface area (Å²) < 4.78 is 5.27. The van der Waals surface area contributed by atoms with Crippen molar-refractivity contribution in [1.29, 1.82) is 0 Å². The molecule has 1 unspecified atom stereocenters. The molecule has 0 aliphatic carbocycles. The van der Waals surface area contributed by atoms with Gasteiger partial charge in [0, 0.05) is 19.3 Å². The lowest BCUT2D eigenvalue weighted by molar-refractivity contribution is -0.145. The lowest BCUT2D eigenvalue weighted by atomic mass is 9.89.